The Bertz CT molecular complexity index is 614. The molecule has 152 valence electrons. The number of aryl methyl sites for hydroxylation is 2. The van der Waals surface area contributed by atoms with E-state index in [1.807, 2.05) is 13.8 Å². The Kier molecular flexibility index (Phi) is 9.21. The molecule has 1 aromatic rings. The van der Waals surface area contributed by atoms with Crippen LogP contribution in [0.3, 0.4) is 0 Å². The molecular weight excluding hydrogens is 336 g/mol. The summed E-state index contributed by atoms with van der Waals surface area (Å²) in [5.41, 5.74) is 1.99. The number of carbonyl (C=O) groups is 2. The van der Waals surface area contributed by atoms with E-state index in [0.29, 0.717) is 0 Å². The Morgan fingerprint density at radius 2 is 1.22 bits per heavy atom. The molecule has 1 rings (SSSR count). The van der Waals surface area contributed by atoms with Crippen molar-refractivity contribution in [2.45, 2.75) is 92.4 Å². The van der Waals surface area contributed by atoms with Crippen LogP contribution in [0.15, 0.2) is 24.3 Å². The fourth-order valence-corrected chi connectivity index (χ4v) is 3.27. The number of carbonyl (C=O) groups excluding carboxylic acids is 1. The second kappa shape index (κ2) is 10.6. The highest BCUT2D eigenvalue weighted by molar-refractivity contribution is 5.81. The molecule has 0 saturated heterocycles. The molecule has 0 aliphatic carbocycles. The van der Waals surface area contributed by atoms with Crippen molar-refractivity contribution in [3.8, 4) is 0 Å². The topological polar surface area (TPSA) is 54.4 Å². The third-order valence-corrected chi connectivity index (χ3v) is 5.90. The van der Waals surface area contributed by atoms with Crippen molar-refractivity contribution in [2.75, 3.05) is 0 Å². The lowest BCUT2D eigenvalue weighted by molar-refractivity contribution is -0.147. The van der Waals surface area contributed by atoms with Gasteiger partial charge in [-0.3, -0.25) is 9.59 Å². The molecule has 0 aromatic heterocycles. The molecule has 0 bridgehead atoms. The maximum absolute atomic E-state index is 11.6. The van der Waals surface area contributed by atoms with Crippen LogP contribution < -0.4 is 0 Å². The molecule has 3 nitrogen and oxygen atoms in total. The zero-order chi connectivity index (χ0) is 20.5. The minimum absolute atomic E-state index is 0.193. The fourth-order valence-electron chi connectivity index (χ4n) is 3.27. The lowest BCUT2D eigenvalue weighted by Gasteiger charge is -2.20. The second-order valence-electron chi connectivity index (χ2n) is 9.17. The largest absolute Gasteiger partial charge is 0.481 e. The summed E-state index contributed by atoms with van der Waals surface area (Å²) < 4.78 is 0. The average molecular weight is 375 g/mol. The molecule has 0 saturated carbocycles. The minimum Gasteiger partial charge on any atom is -0.481 e. The van der Waals surface area contributed by atoms with E-state index >= 15 is 0 Å². The number of ketones is 1. The molecule has 0 unspecified atom stereocenters. The molecule has 0 radical (unpaired) electrons. The van der Waals surface area contributed by atoms with Crippen molar-refractivity contribution in [1.29, 1.82) is 0 Å². The quantitative estimate of drug-likeness (QED) is 0.416. The number of aliphatic carboxylic acids is 1. The van der Waals surface area contributed by atoms with Gasteiger partial charge >= 0.3 is 5.97 Å². The standard InChI is InChI=1S/C24H38O3/c1-19(25)23(2,3)17-11-6-7-13-20-14-8-9-15-21(20)16-10-12-18-24(4,5)22(26)27/h8-9,14-15H,6-7,10-13,16-18H2,1-5H3,(H,26,27). The van der Waals surface area contributed by atoms with Gasteiger partial charge < -0.3 is 5.11 Å². The van der Waals surface area contributed by atoms with E-state index in [2.05, 4.69) is 24.3 Å². The Balaban J connectivity index is 2.39. The molecule has 1 N–H and O–H groups in total. The number of carboxylic acids is 1. The Morgan fingerprint density at radius 1 is 0.778 bits per heavy atom. The Hall–Kier alpha value is -1.64. The molecule has 0 aliphatic rings. The second-order valence-corrected chi connectivity index (χ2v) is 9.17. The lowest BCUT2D eigenvalue weighted by Crippen LogP contribution is -2.23. The number of rotatable bonds is 13. The van der Waals surface area contributed by atoms with Crippen LogP contribution in [0.2, 0.25) is 0 Å². The molecule has 27 heavy (non-hydrogen) atoms. The van der Waals surface area contributed by atoms with Crippen molar-refractivity contribution < 1.29 is 14.7 Å². The molecule has 0 atom stereocenters. The van der Waals surface area contributed by atoms with Gasteiger partial charge in [0.1, 0.15) is 5.78 Å². The molecule has 0 aliphatic heterocycles. The first-order valence-electron chi connectivity index (χ1n) is 10.4. The highest BCUT2D eigenvalue weighted by Gasteiger charge is 2.26. The number of unbranched alkanes of at least 4 members (excludes halogenated alkanes) is 3. The summed E-state index contributed by atoms with van der Waals surface area (Å²) >= 11 is 0. The van der Waals surface area contributed by atoms with Crippen molar-refractivity contribution >= 4 is 11.8 Å². The van der Waals surface area contributed by atoms with Gasteiger partial charge in [0, 0.05) is 5.41 Å². The van der Waals surface area contributed by atoms with Gasteiger partial charge in [0.15, 0.2) is 0 Å². The number of hydrogen-bond acceptors (Lipinski definition) is 2. The zero-order valence-corrected chi connectivity index (χ0v) is 17.9. The van der Waals surface area contributed by atoms with Crippen LogP contribution in [0.4, 0.5) is 0 Å². The summed E-state index contributed by atoms with van der Waals surface area (Å²) in [5.74, 6) is -0.435. The summed E-state index contributed by atoms with van der Waals surface area (Å²) in [4.78, 5) is 22.8. The average Bonchev–Trinajstić information content (AvgIpc) is 2.59. The van der Waals surface area contributed by atoms with Crippen molar-refractivity contribution in [3.63, 3.8) is 0 Å². The maximum atomic E-state index is 11.6. The van der Waals surface area contributed by atoms with Crippen LogP contribution in [-0.2, 0) is 22.4 Å². The summed E-state index contributed by atoms with van der Waals surface area (Å²) in [6.07, 6.45) is 9.14. The number of carboxylic acid groups (broad SMARTS) is 1. The molecule has 1 aromatic carbocycles. The predicted octanol–water partition coefficient (Wildman–Crippen LogP) is 6.23. The number of hydrogen-bond donors (Lipinski definition) is 1. The number of Topliss-reactive ketones (excluding diaryl/α,β-unsaturated/α-hetero) is 1. The van der Waals surface area contributed by atoms with Crippen molar-refractivity contribution in [3.05, 3.63) is 35.4 Å². The summed E-state index contributed by atoms with van der Waals surface area (Å²) in [6, 6.07) is 8.62. The fraction of sp³-hybridized carbons (Fsp3) is 0.667. The zero-order valence-electron chi connectivity index (χ0n) is 17.9. The van der Waals surface area contributed by atoms with Crippen molar-refractivity contribution in [1.82, 2.24) is 0 Å². The highest BCUT2D eigenvalue weighted by Crippen LogP contribution is 2.26. The van der Waals surface area contributed by atoms with Crippen LogP contribution in [0.1, 0.15) is 90.7 Å². The molecule has 0 heterocycles. The van der Waals surface area contributed by atoms with Gasteiger partial charge in [-0.2, -0.15) is 0 Å². The van der Waals surface area contributed by atoms with Crippen LogP contribution >= 0.6 is 0 Å². The first-order valence-corrected chi connectivity index (χ1v) is 10.4. The van der Waals surface area contributed by atoms with Gasteiger partial charge in [0.25, 0.3) is 0 Å². The summed E-state index contributed by atoms with van der Waals surface area (Å²) in [7, 11) is 0. The first kappa shape index (κ1) is 23.4. The van der Waals surface area contributed by atoms with E-state index < -0.39 is 11.4 Å². The molecule has 0 fully saturated rings. The van der Waals surface area contributed by atoms with E-state index in [0.717, 1.165) is 57.8 Å². The van der Waals surface area contributed by atoms with E-state index in [9.17, 15) is 14.7 Å². The van der Waals surface area contributed by atoms with Crippen molar-refractivity contribution in [2.24, 2.45) is 10.8 Å². The molecule has 3 heteroatoms. The summed E-state index contributed by atoms with van der Waals surface area (Å²) in [5, 5.41) is 9.20. The normalized spacial score (nSPS) is 12.2. The third-order valence-electron chi connectivity index (χ3n) is 5.90. The molecule has 0 spiro atoms. The van der Waals surface area contributed by atoms with Gasteiger partial charge in [-0.25, -0.2) is 0 Å². The molecule has 0 amide bonds. The van der Waals surface area contributed by atoms with Gasteiger partial charge in [-0.15, -0.1) is 0 Å². The van der Waals surface area contributed by atoms with Crippen LogP contribution in [-0.4, -0.2) is 16.9 Å². The maximum Gasteiger partial charge on any atom is 0.309 e. The summed E-state index contributed by atoms with van der Waals surface area (Å²) in [6.45, 7) is 9.37. The third kappa shape index (κ3) is 8.28. The van der Waals surface area contributed by atoms with Gasteiger partial charge in [0.2, 0.25) is 0 Å². The predicted molar refractivity (Wildman–Crippen MR) is 112 cm³/mol. The van der Waals surface area contributed by atoms with Gasteiger partial charge in [-0.05, 0) is 70.4 Å². The smallest absolute Gasteiger partial charge is 0.309 e. The van der Waals surface area contributed by atoms with Crippen LogP contribution in [0.5, 0.6) is 0 Å². The minimum atomic E-state index is -0.712. The van der Waals surface area contributed by atoms with Gasteiger partial charge in [0.05, 0.1) is 5.41 Å². The lowest BCUT2D eigenvalue weighted by atomic mass is 9.83. The van der Waals surface area contributed by atoms with E-state index in [4.69, 9.17) is 0 Å². The Labute approximate surface area is 165 Å². The SMILES string of the molecule is CC(=O)C(C)(C)CCCCCc1ccccc1CCCCC(C)(C)C(=O)O. The number of benzene rings is 1. The highest BCUT2D eigenvalue weighted by atomic mass is 16.4. The van der Waals surface area contributed by atoms with E-state index in [1.54, 1.807) is 20.8 Å². The van der Waals surface area contributed by atoms with E-state index in [-0.39, 0.29) is 11.2 Å². The molecular formula is C24H38O3. The van der Waals surface area contributed by atoms with E-state index in [1.165, 1.54) is 11.1 Å². The first-order chi connectivity index (χ1) is 12.6. The van der Waals surface area contributed by atoms with Gasteiger partial charge in [-0.1, -0.05) is 57.4 Å². The Morgan fingerprint density at radius 3 is 1.70 bits per heavy atom. The van der Waals surface area contributed by atoms with Crippen LogP contribution in [0.25, 0.3) is 0 Å². The monoisotopic (exact) mass is 374 g/mol. The van der Waals surface area contributed by atoms with Crippen LogP contribution in [0, 0.1) is 10.8 Å².